The molecule has 2 heteroatoms. The van der Waals surface area contributed by atoms with E-state index in [0.717, 1.165) is 13.1 Å². The lowest BCUT2D eigenvalue weighted by Gasteiger charge is -2.17. The molecule has 0 saturated carbocycles. The van der Waals surface area contributed by atoms with Crippen LogP contribution in [0.3, 0.4) is 0 Å². The Morgan fingerprint density at radius 1 is 1.36 bits per heavy atom. The molecule has 78 valence electrons. The topological polar surface area (TPSA) is 24.9 Å². The summed E-state index contributed by atoms with van der Waals surface area (Å²) in [6, 6.07) is 4.07. The maximum Gasteiger partial charge on any atom is 0.0312 e. The molecule has 1 heterocycles. The molecule has 0 saturated heterocycles. The Kier molecular flexibility index (Phi) is 4.08. The van der Waals surface area contributed by atoms with Gasteiger partial charge in [0.15, 0.2) is 0 Å². The summed E-state index contributed by atoms with van der Waals surface area (Å²) in [5, 5.41) is 3.42. The smallest absolute Gasteiger partial charge is 0.0312 e. The molecule has 0 aromatic carbocycles. The summed E-state index contributed by atoms with van der Waals surface area (Å²) in [7, 11) is 0. The van der Waals surface area contributed by atoms with Crippen molar-refractivity contribution in [3.63, 3.8) is 0 Å². The van der Waals surface area contributed by atoms with Gasteiger partial charge in [-0.3, -0.25) is 4.98 Å². The molecule has 0 radical (unpaired) electrons. The summed E-state index contributed by atoms with van der Waals surface area (Å²) in [4.78, 5) is 4.07. The van der Waals surface area contributed by atoms with E-state index < -0.39 is 0 Å². The van der Waals surface area contributed by atoms with Crippen molar-refractivity contribution >= 4 is 0 Å². The van der Waals surface area contributed by atoms with Crippen LogP contribution < -0.4 is 5.32 Å². The van der Waals surface area contributed by atoms with Gasteiger partial charge in [-0.15, -0.1) is 0 Å². The van der Waals surface area contributed by atoms with Crippen LogP contribution in [0.1, 0.15) is 32.8 Å². The summed E-state index contributed by atoms with van der Waals surface area (Å²) in [6.45, 7) is 8.78. The zero-order valence-electron chi connectivity index (χ0n) is 9.38. The van der Waals surface area contributed by atoms with Crippen LogP contribution in [-0.4, -0.2) is 11.5 Å². The highest BCUT2D eigenvalue weighted by atomic mass is 14.8. The first-order chi connectivity index (χ1) is 6.58. The van der Waals surface area contributed by atoms with Crippen LogP contribution in [0.4, 0.5) is 0 Å². The van der Waals surface area contributed by atoms with E-state index in [1.54, 1.807) is 6.20 Å². The fourth-order valence-electron chi connectivity index (χ4n) is 1.20. The van der Waals surface area contributed by atoms with E-state index in [1.807, 2.05) is 12.3 Å². The Morgan fingerprint density at radius 2 is 2.14 bits per heavy atom. The quantitative estimate of drug-likeness (QED) is 0.742. The highest BCUT2D eigenvalue weighted by Gasteiger charge is 2.08. The van der Waals surface area contributed by atoms with Crippen molar-refractivity contribution in [1.82, 2.24) is 10.3 Å². The summed E-state index contributed by atoms with van der Waals surface area (Å²) < 4.78 is 0. The molecule has 0 amide bonds. The maximum atomic E-state index is 4.07. The molecule has 1 aromatic rings. The average Bonchev–Trinajstić information content (AvgIpc) is 2.13. The van der Waals surface area contributed by atoms with Crippen molar-refractivity contribution in [2.24, 2.45) is 5.41 Å². The van der Waals surface area contributed by atoms with Crippen molar-refractivity contribution in [2.75, 3.05) is 6.54 Å². The van der Waals surface area contributed by atoms with Crippen LogP contribution in [0.15, 0.2) is 24.5 Å². The van der Waals surface area contributed by atoms with E-state index in [2.05, 4.69) is 37.1 Å². The Hall–Kier alpha value is -0.890. The van der Waals surface area contributed by atoms with Crippen LogP contribution in [0, 0.1) is 5.41 Å². The Bertz CT molecular complexity index is 249. The molecule has 2 nitrogen and oxygen atoms in total. The van der Waals surface area contributed by atoms with Gasteiger partial charge in [0.1, 0.15) is 0 Å². The normalized spacial score (nSPS) is 11.6. The number of hydrogen-bond donors (Lipinski definition) is 1. The van der Waals surface area contributed by atoms with Crippen LogP contribution in [0.25, 0.3) is 0 Å². The molecule has 0 unspecified atom stereocenters. The number of nitrogens with zero attached hydrogens (tertiary/aromatic N) is 1. The summed E-state index contributed by atoms with van der Waals surface area (Å²) in [5.41, 5.74) is 1.67. The Labute approximate surface area is 86.8 Å². The number of aromatic nitrogens is 1. The second-order valence-electron chi connectivity index (χ2n) is 4.85. The van der Waals surface area contributed by atoms with Gasteiger partial charge in [0.25, 0.3) is 0 Å². The molecule has 14 heavy (non-hydrogen) atoms. The van der Waals surface area contributed by atoms with Crippen LogP contribution in [0.5, 0.6) is 0 Å². The fourth-order valence-corrected chi connectivity index (χ4v) is 1.20. The van der Waals surface area contributed by atoms with Gasteiger partial charge in [-0.05, 0) is 30.0 Å². The second kappa shape index (κ2) is 5.11. The van der Waals surface area contributed by atoms with Crippen molar-refractivity contribution < 1.29 is 0 Å². The third-order valence-corrected chi connectivity index (χ3v) is 2.10. The molecular weight excluding hydrogens is 172 g/mol. The lowest BCUT2D eigenvalue weighted by atomic mass is 9.92. The highest BCUT2D eigenvalue weighted by molar-refractivity contribution is 5.07. The van der Waals surface area contributed by atoms with Gasteiger partial charge in [-0.2, -0.15) is 0 Å². The average molecular weight is 192 g/mol. The molecule has 0 fully saturated rings. The molecule has 0 aliphatic rings. The standard InChI is InChI=1S/C12H20N2/c1-12(2,3)6-8-14-10-11-5-4-7-13-9-11/h4-5,7,9,14H,6,8,10H2,1-3H3. The molecule has 0 aliphatic carbocycles. The Balaban J connectivity index is 2.17. The third kappa shape index (κ3) is 4.97. The van der Waals surface area contributed by atoms with Gasteiger partial charge in [0.05, 0.1) is 0 Å². The van der Waals surface area contributed by atoms with Gasteiger partial charge in [-0.1, -0.05) is 26.8 Å². The SMILES string of the molecule is CC(C)(C)CCNCc1cccnc1. The first kappa shape index (κ1) is 11.2. The van der Waals surface area contributed by atoms with Gasteiger partial charge in [-0.25, -0.2) is 0 Å². The Morgan fingerprint density at radius 3 is 2.71 bits per heavy atom. The number of hydrogen-bond acceptors (Lipinski definition) is 2. The van der Waals surface area contributed by atoms with E-state index in [-0.39, 0.29) is 0 Å². The molecule has 1 N–H and O–H groups in total. The third-order valence-electron chi connectivity index (χ3n) is 2.10. The van der Waals surface area contributed by atoms with E-state index in [4.69, 9.17) is 0 Å². The number of rotatable bonds is 4. The van der Waals surface area contributed by atoms with Gasteiger partial charge >= 0.3 is 0 Å². The van der Waals surface area contributed by atoms with Gasteiger partial charge in [0.2, 0.25) is 0 Å². The first-order valence-electron chi connectivity index (χ1n) is 5.17. The second-order valence-corrected chi connectivity index (χ2v) is 4.85. The van der Waals surface area contributed by atoms with Crippen LogP contribution in [-0.2, 0) is 6.54 Å². The monoisotopic (exact) mass is 192 g/mol. The lowest BCUT2D eigenvalue weighted by Crippen LogP contribution is -2.20. The minimum absolute atomic E-state index is 0.419. The summed E-state index contributed by atoms with van der Waals surface area (Å²) in [6.07, 6.45) is 4.91. The molecule has 1 aromatic heterocycles. The highest BCUT2D eigenvalue weighted by Crippen LogP contribution is 2.16. The van der Waals surface area contributed by atoms with Crippen molar-refractivity contribution in [1.29, 1.82) is 0 Å². The lowest BCUT2D eigenvalue weighted by molar-refractivity contribution is 0.366. The predicted octanol–water partition coefficient (Wildman–Crippen LogP) is 2.61. The first-order valence-corrected chi connectivity index (χ1v) is 5.17. The number of pyridine rings is 1. The molecule has 0 aliphatic heterocycles. The molecule has 0 atom stereocenters. The van der Waals surface area contributed by atoms with Crippen molar-refractivity contribution in [3.05, 3.63) is 30.1 Å². The fraction of sp³-hybridized carbons (Fsp3) is 0.583. The predicted molar refractivity (Wildman–Crippen MR) is 60.0 cm³/mol. The van der Waals surface area contributed by atoms with E-state index in [0.29, 0.717) is 5.41 Å². The maximum absolute atomic E-state index is 4.07. The van der Waals surface area contributed by atoms with E-state index >= 15 is 0 Å². The van der Waals surface area contributed by atoms with Gasteiger partial charge in [0, 0.05) is 18.9 Å². The van der Waals surface area contributed by atoms with Crippen LogP contribution >= 0.6 is 0 Å². The zero-order valence-corrected chi connectivity index (χ0v) is 9.38. The van der Waals surface area contributed by atoms with E-state index in [1.165, 1.54) is 12.0 Å². The largest absolute Gasteiger partial charge is 0.313 e. The van der Waals surface area contributed by atoms with Crippen LogP contribution in [0.2, 0.25) is 0 Å². The van der Waals surface area contributed by atoms with Crippen molar-refractivity contribution in [3.8, 4) is 0 Å². The molecule has 1 rings (SSSR count). The molecule has 0 spiro atoms. The summed E-state index contributed by atoms with van der Waals surface area (Å²) >= 11 is 0. The minimum Gasteiger partial charge on any atom is -0.313 e. The molecule has 0 bridgehead atoms. The minimum atomic E-state index is 0.419. The van der Waals surface area contributed by atoms with E-state index in [9.17, 15) is 0 Å². The summed E-state index contributed by atoms with van der Waals surface area (Å²) in [5.74, 6) is 0. The molecular formula is C12H20N2. The van der Waals surface area contributed by atoms with Gasteiger partial charge < -0.3 is 5.32 Å². The number of nitrogens with one attached hydrogen (secondary N) is 1. The zero-order chi connectivity index (χ0) is 10.4. The van der Waals surface area contributed by atoms with Crippen molar-refractivity contribution in [2.45, 2.75) is 33.7 Å².